The summed E-state index contributed by atoms with van der Waals surface area (Å²) in [6.45, 7) is 1.10. The van der Waals surface area contributed by atoms with E-state index in [1.165, 1.54) is 12.1 Å². The van der Waals surface area contributed by atoms with Gasteiger partial charge in [-0.05, 0) is 12.1 Å². The first-order valence-electron chi connectivity index (χ1n) is 5.60. The predicted molar refractivity (Wildman–Crippen MR) is 70.1 cm³/mol. The molecule has 0 aliphatic carbocycles. The molecule has 2 rings (SSSR count). The molecule has 0 unspecified atom stereocenters. The third kappa shape index (κ3) is 2.90. The van der Waals surface area contributed by atoms with Gasteiger partial charge in [0.15, 0.2) is 0 Å². The summed E-state index contributed by atoms with van der Waals surface area (Å²) in [5.41, 5.74) is -0.153. The SMILES string of the molecule is O=C(O)c1ccc(N2CCS(=O)CC2)cc1[N+](=O)[O-]. The van der Waals surface area contributed by atoms with Gasteiger partial charge in [0.25, 0.3) is 5.69 Å². The third-order valence-corrected chi connectivity index (χ3v) is 4.23. The van der Waals surface area contributed by atoms with Crippen molar-refractivity contribution in [1.29, 1.82) is 0 Å². The molecule has 0 aromatic heterocycles. The minimum absolute atomic E-state index is 0.325. The molecule has 7 nitrogen and oxygen atoms in total. The molecule has 0 spiro atoms. The standard InChI is InChI=1S/C11H12N2O5S/c14-11(15)9-2-1-8(7-10(9)13(16)17)12-3-5-19(18)6-4-12/h1-2,7H,3-6H2,(H,14,15). The van der Waals surface area contributed by atoms with Gasteiger partial charge in [-0.2, -0.15) is 0 Å². The van der Waals surface area contributed by atoms with Crippen LogP contribution in [0.3, 0.4) is 0 Å². The zero-order valence-corrected chi connectivity index (χ0v) is 10.8. The van der Waals surface area contributed by atoms with Crippen LogP contribution < -0.4 is 4.90 Å². The lowest BCUT2D eigenvalue weighted by atomic mass is 10.1. The third-order valence-electron chi connectivity index (χ3n) is 2.95. The first kappa shape index (κ1) is 13.5. The highest BCUT2D eigenvalue weighted by atomic mass is 32.2. The smallest absolute Gasteiger partial charge is 0.342 e. The van der Waals surface area contributed by atoms with Gasteiger partial charge in [-0.1, -0.05) is 0 Å². The number of carbonyl (C=O) groups is 1. The number of nitro benzene ring substituents is 1. The summed E-state index contributed by atoms with van der Waals surface area (Å²) in [6, 6.07) is 4.05. The number of rotatable bonds is 3. The lowest BCUT2D eigenvalue weighted by molar-refractivity contribution is -0.385. The second kappa shape index (κ2) is 5.35. The van der Waals surface area contributed by atoms with Crippen LogP contribution in [-0.4, -0.2) is 44.8 Å². The Balaban J connectivity index is 2.33. The minimum atomic E-state index is -1.32. The number of carboxylic acids is 1. The van der Waals surface area contributed by atoms with Crippen molar-refractivity contribution in [2.24, 2.45) is 0 Å². The lowest BCUT2D eigenvalue weighted by Crippen LogP contribution is -2.37. The van der Waals surface area contributed by atoms with E-state index in [1.54, 1.807) is 6.07 Å². The van der Waals surface area contributed by atoms with Crippen molar-refractivity contribution < 1.29 is 19.0 Å². The van der Waals surface area contributed by atoms with E-state index >= 15 is 0 Å². The van der Waals surface area contributed by atoms with Gasteiger partial charge in [0.2, 0.25) is 0 Å². The Bertz CT molecular complexity index is 550. The van der Waals surface area contributed by atoms with E-state index in [1.807, 2.05) is 4.90 Å². The van der Waals surface area contributed by atoms with Crippen LogP contribution >= 0.6 is 0 Å². The number of hydrogen-bond donors (Lipinski definition) is 1. The number of nitrogens with zero attached hydrogens (tertiary/aromatic N) is 2. The molecule has 1 aliphatic rings. The van der Waals surface area contributed by atoms with Gasteiger partial charge < -0.3 is 10.0 Å². The quantitative estimate of drug-likeness (QED) is 0.652. The molecule has 1 heterocycles. The van der Waals surface area contributed by atoms with Gasteiger partial charge in [0.05, 0.1) is 4.92 Å². The lowest BCUT2D eigenvalue weighted by Gasteiger charge is -2.28. The van der Waals surface area contributed by atoms with Gasteiger partial charge in [0, 0.05) is 47.1 Å². The highest BCUT2D eigenvalue weighted by Crippen LogP contribution is 2.26. The molecule has 0 bridgehead atoms. The van der Waals surface area contributed by atoms with Crippen LogP contribution in [0.1, 0.15) is 10.4 Å². The maximum Gasteiger partial charge on any atom is 0.342 e. The number of aromatic carboxylic acids is 1. The van der Waals surface area contributed by atoms with Crippen molar-refractivity contribution >= 4 is 28.1 Å². The number of hydrogen-bond acceptors (Lipinski definition) is 5. The molecule has 0 atom stereocenters. The summed E-state index contributed by atoms with van der Waals surface area (Å²) >= 11 is 0. The summed E-state index contributed by atoms with van der Waals surface area (Å²) in [7, 11) is -0.830. The number of anilines is 1. The van der Waals surface area contributed by atoms with E-state index in [4.69, 9.17) is 5.11 Å². The van der Waals surface area contributed by atoms with Crippen molar-refractivity contribution in [1.82, 2.24) is 0 Å². The molecule has 1 N–H and O–H groups in total. The van der Waals surface area contributed by atoms with Crippen LogP contribution in [0.5, 0.6) is 0 Å². The van der Waals surface area contributed by atoms with Crippen LogP contribution in [0.2, 0.25) is 0 Å². The molecule has 1 aromatic rings. The maximum atomic E-state index is 11.3. The van der Waals surface area contributed by atoms with Gasteiger partial charge in [0.1, 0.15) is 5.56 Å². The number of carboxylic acid groups (broad SMARTS) is 1. The summed E-state index contributed by atoms with van der Waals surface area (Å²) in [4.78, 5) is 23.0. The number of nitro groups is 1. The predicted octanol–water partition coefficient (Wildman–Crippen LogP) is 0.862. The summed E-state index contributed by atoms with van der Waals surface area (Å²) in [6.07, 6.45) is 0. The van der Waals surface area contributed by atoms with Crippen LogP contribution in [0.25, 0.3) is 0 Å². The molecule has 0 saturated carbocycles. The molecule has 8 heteroatoms. The Morgan fingerprint density at radius 2 is 2.00 bits per heavy atom. The van der Waals surface area contributed by atoms with Crippen LogP contribution in [-0.2, 0) is 10.8 Å². The topological polar surface area (TPSA) is 101 Å². The molecular formula is C11H12N2O5S. The van der Waals surface area contributed by atoms with Crippen molar-refractivity contribution in [3.63, 3.8) is 0 Å². The maximum absolute atomic E-state index is 11.3. The van der Waals surface area contributed by atoms with E-state index in [2.05, 4.69) is 0 Å². The first-order chi connectivity index (χ1) is 8.99. The average Bonchev–Trinajstić information content (AvgIpc) is 2.38. The second-order valence-electron chi connectivity index (χ2n) is 4.10. The monoisotopic (exact) mass is 284 g/mol. The zero-order chi connectivity index (χ0) is 14.0. The second-order valence-corrected chi connectivity index (χ2v) is 5.79. The molecule has 102 valence electrons. The van der Waals surface area contributed by atoms with E-state index in [-0.39, 0.29) is 5.56 Å². The molecular weight excluding hydrogens is 272 g/mol. The fraction of sp³-hybridized carbons (Fsp3) is 0.364. The van der Waals surface area contributed by atoms with E-state index < -0.39 is 27.4 Å². The molecule has 0 radical (unpaired) electrons. The van der Waals surface area contributed by atoms with Crippen molar-refractivity contribution in [2.75, 3.05) is 29.5 Å². The van der Waals surface area contributed by atoms with Gasteiger partial charge in [-0.3, -0.25) is 14.3 Å². The Morgan fingerprint density at radius 1 is 1.37 bits per heavy atom. The average molecular weight is 284 g/mol. The van der Waals surface area contributed by atoms with Gasteiger partial charge >= 0.3 is 5.97 Å². The largest absolute Gasteiger partial charge is 0.477 e. The highest BCUT2D eigenvalue weighted by molar-refractivity contribution is 7.85. The fourth-order valence-corrected chi connectivity index (χ4v) is 3.00. The fourth-order valence-electron chi connectivity index (χ4n) is 1.94. The van der Waals surface area contributed by atoms with Crippen molar-refractivity contribution in [3.8, 4) is 0 Å². The van der Waals surface area contributed by atoms with Gasteiger partial charge in [-0.25, -0.2) is 4.79 Å². The summed E-state index contributed by atoms with van der Waals surface area (Å²) in [5.74, 6) is -0.277. The Hall–Kier alpha value is -1.96. The molecule has 1 aliphatic heterocycles. The van der Waals surface area contributed by atoms with Crippen molar-refractivity contribution in [3.05, 3.63) is 33.9 Å². The molecule has 0 amide bonds. The molecule has 1 aromatic carbocycles. The van der Waals surface area contributed by atoms with Crippen LogP contribution in [0, 0.1) is 10.1 Å². The summed E-state index contributed by atoms with van der Waals surface area (Å²) < 4.78 is 11.3. The zero-order valence-electron chi connectivity index (χ0n) is 9.94. The van der Waals surface area contributed by atoms with Gasteiger partial charge in [-0.15, -0.1) is 0 Å². The Morgan fingerprint density at radius 3 is 2.53 bits per heavy atom. The normalized spacial score (nSPS) is 16.3. The molecule has 1 fully saturated rings. The minimum Gasteiger partial charge on any atom is -0.477 e. The summed E-state index contributed by atoms with van der Waals surface area (Å²) in [5, 5.41) is 19.8. The van der Waals surface area contributed by atoms with E-state index in [0.717, 1.165) is 0 Å². The Kier molecular flexibility index (Phi) is 3.79. The van der Waals surface area contributed by atoms with Crippen LogP contribution in [0.4, 0.5) is 11.4 Å². The van der Waals surface area contributed by atoms with Crippen molar-refractivity contribution in [2.45, 2.75) is 0 Å². The highest BCUT2D eigenvalue weighted by Gasteiger charge is 2.23. The first-order valence-corrected chi connectivity index (χ1v) is 7.09. The van der Waals surface area contributed by atoms with E-state index in [9.17, 15) is 19.1 Å². The number of benzene rings is 1. The Labute approximate surface area is 111 Å². The van der Waals surface area contributed by atoms with E-state index in [0.29, 0.717) is 30.3 Å². The molecule has 1 saturated heterocycles. The molecule has 19 heavy (non-hydrogen) atoms. The van der Waals surface area contributed by atoms with Crippen LogP contribution in [0.15, 0.2) is 18.2 Å².